The van der Waals surface area contributed by atoms with E-state index in [1.807, 2.05) is 65.8 Å². The summed E-state index contributed by atoms with van der Waals surface area (Å²) >= 11 is 0. The van der Waals surface area contributed by atoms with Gasteiger partial charge in [-0.2, -0.15) is 0 Å². The van der Waals surface area contributed by atoms with Crippen molar-refractivity contribution in [3.05, 3.63) is 168 Å². The van der Waals surface area contributed by atoms with Gasteiger partial charge in [0.25, 0.3) is 0 Å². The molecule has 0 unspecified atom stereocenters. The van der Waals surface area contributed by atoms with E-state index in [0.717, 1.165) is 44.5 Å². The first-order chi connectivity index (χ1) is 23.0. The topological polar surface area (TPSA) is 137 Å². The molecule has 10 heteroatoms. The fourth-order valence-corrected chi connectivity index (χ4v) is 7.40. The van der Waals surface area contributed by atoms with Gasteiger partial charge in [0.1, 0.15) is 10.1 Å². The standard InChI is InChI=1S/C41H38O7S.2Na/c1-23-15-25(3)34(26(4)16-23)19-29-11-13-31(21-36(29)40(42)43)39(33-9-7-8-10-38(33)49(46,47)48)32-14-12-30(37(22-32)41(44)45)20-35-27(5)17-24(2)18-28(35)6;;/h7-19,21-22H,20H2,1-6H3,(H,42,43)(H,44,45)(H,46,47,48);;/q;2*+1/p-3/b29-19+,39-31+;;. The van der Waals surface area contributed by atoms with Crippen molar-refractivity contribution in [3.8, 4) is 0 Å². The van der Waals surface area contributed by atoms with Gasteiger partial charge in [-0.15, -0.1) is 0 Å². The molecule has 7 nitrogen and oxygen atoms in total. The van der Waals surface area contributed by atoms with Crippen LogP contribution >= 0.6 is 0 Å². The van der Waals surface area contributed by atoms with Gasteiger partial charge in [0.2, 0.25) is 0 Å². The van der Waals surface area contributed by atoms with Crippen LogP contribution in [0.3, 0.4) is 0 Å². The summed E-state index contributed by atoms with van der Waals surface area (Å²) in [6.07, 6.45) is 2.06. The van der Waals surface area contributed by atoms with Crippen LogP contribution < -0.4 is 79.8 Å². The molecule has 0 saturated carbocycles. The molecule has 5 aromatic carbocycles. The number of carbonyl (C=O) groups excluding carboxylic acids is 2. The third-order valence-corrected chi connectivity index (χ3v) is 9.75. The Morgan fingerprint density at radius 3 is 1.75 bits per heavy atom. The van der Waals surface area contributed by atoms with Gasteiger partial charge >= 0.3 is 59.1 Å². The Bertz CT molecular complexity index is 2370. The largest absolute Gasteiger partial charge is 1.00 e. The van der Waals surface area contributed by atoms with Crippen LogP contribution in [0.5, 0.6) is 0 Å². The Hall–Kier alpha value is -3.31. The molecule has 0 bridgehead atoms. The van der Waals surface area contributed by atoms with Crippen LogP contribution in [-0.4, -0.2) is 24.9 Å². The number of aryl methyl sites for hydroxylation is 6. The molecule has 0 atom stereocenters. The zero-order valence-corrected chi connectivity index (χ0v) is 34.9. The molecule has 0 fully saturated rings. The monoisotopic (exact) mass is 717 g/mol. The maximum atomic E-state index is 12.6. The molecule has 0 heterocycles. The van der Waals surface area contributed by atoms with Gasteiger partial charge in [-0.1, -0.05) is 77.9 Å². The molecule has 0 aromatic heterocycles. The molecule has 0 aliphatic rings. The maximum Gasteiger partial charge on any atom is 1.00 e. The van der Waals surface area contributed by atoms with E-state index in [2.05, 4.69) is 0 Å². The van der Waals surface area contributed by atoms with E-state index in [9.17, 15) is 32.8 Å². The average Bonchev–Trinajstić information content (AvgIpc) is 3.01. The Morgan fingerprint density at radius 1 is 0.647 bits per heavy atom. The summed E-state index contributed by atoms with van der Waals surface area (Å²) in [4.78, 5) is 24.6. The number of aromatic carboxylic acids is 2. The van der Waals surface area contributed by atoms with Crippen molar-refractivity contribution in [1.82, 2.24) is 0 Å². The number of hydrogen-bond donors (Lipinski definition) is 0. The second kappa shape index (κ2) is 17.0. The van der Waals surface area contributed by atoms with Gasteiger partial charge in [-0.3, -0.25) is 0 Å². The molecular formula is C41H35Na2O7S-. The smallest absolute Gasteiger partial charge is 0.744 e. The molecule has 5 rings (SSSR count). The van der Waals surface area contributed by atoms with E-state index in [1.54, 1.807) is 36.4 Å². The maximum absolute atomic E-state index is 12.6. The van der Waals surface area contributed by atoms with Crippen LogP contribution in [0.1, 0.15) is 81.9 Å². The van der Waals surface area contributed by atoms with Gasteiger partial charge in [-0.05, 0) is 133 Å². The third kappa shape index (κ3) is 9.38. The first kappa shape index (κ1) is 42.1. The van der Waals surface area contributed by atoms with Crippen molar-refractivity contribution in [3.63, 3.8) is 0 Å². The average molecular weight is 718 g/mol. The predicted octanol–water partition coefficient (Wildman–Crippen LogP) is -2.16. The number of benzene rings is 5. The number of rotatable bonds is 8. The van der Waals surface area contributed by atoms with E-state index >= 15 is 0 Å². The van der Waals surface area contributed by atoms with Crippen LogP contribution in [0.25, 0.3) is 11.6 Å². The van der Waals surface area contributed by atoms with Crippen molar-refractivity contribution >= 4 is 33.7 Å². The number of carboxylic acid groups (broad SMARTS) is 2. The zero-order chi connectivity index (χ0) is 35.8. The van der Waals surface area contributed by atoms with Crippen molar-refractivity contribution in [2.24, 2.45) is 0 Å². The molecule has 5 aromatic rings. The van der Waals surface area contributed by atoms with E-state index < -0.39 is 27.0 Å². The van der Waals surface area contributed by atoms with Gasteiger partial charge in [0.15, 0.2) is 0 Å². The Morgan fingerprint density at radius 2 is 1.20 bits per heavy atom. The molecule has 0 spiro atoms. The van der Waals surface area contributed by atoms with Crippen molar-refractivity contribution < 1.29 is 91.9 Å². The Kier molecular flexibility index (Phi) is 14.0. The summed E-state index contributed by atoms with van der Waals surface area (Å²) in [7, 11) is -5.01. The van der Waals surface area contributed by atoms with Gasteiger partial charge in [0.05, 0.1) is 16.8 Å². The fraction of sp³-hybridized carbons (Fsp3) is 0.171. The molecule has 0 radical (unpaired) electrons. The molecule has 250 valence electrons. The summed E-state index contributed by atoms with van der Waals surface area (Å²) in [5.74, 6) is -2.90. The number of carbonyl (C=O) groups is 2. The van der Waals surface area contributed by atoms with Gasteiger partial charge in [0, 0.05) is 16.7 Å². The fourth-order valence-electron chi connectivity index (χ4n) is 6.71. The third-order valence-electron chi connectivity index (χ3n) is 8.85. The summed E-state index contributed by atoms with van der Waals surface area (Å²) in [6, 6.07) is 22.8. The van der Waals surface area contributed by atoms with Crippen molar-refractivity contribution in [1.29, 1.82) is 0 Å². The molecule has 0 saturated heterocycles. The number of carboxylic acids is 2. The summed E-state index contributed by atoms with van der Waals surface area (Å²) in [5, 5.41) is 25.8. The first-order valence-electron chi connectivity index (χ1n) is 15.7. The zero-order valence-electron chi connectivity index (χ0n) is 30.1. The SMILES string of the molecule is Cc1cc(C)c(/C=c2\cc/c(=C(/c3ccc(Cc4c(C)cc(C)cc4C)c(C(=O)[O-])c3)c3ccccc3S(=O)(=O)[O-])cc2C(=O)[O-])c(C)c1.[Na+].[Na+]. The van der Waals surface area contributed by atoms with Crippen molar-refractivity contribution in [2.45, 2.75) is 52.9 Å². The molecule has 0 N–H and O–H groups in total. The van der Waals surface area contributed by atoms with E-state index in [4.69, 9.17) is 0 Å². The predicted molar refractivity (Wildman–Crippen MR) is 184 cm³/mol. The van der Waals surface area contributed by atoms with Crippen molar-refractivity contribution in [2.75, 3.05) is 0 Å². The second-order valence-corrected chi connectivity index (χ2v) is 13.9. The van der Waals surface area contributed by atoms with Crippen LogP contribution in [0.2, 0.25) is 0 Å². The first-order valence-corrected chi connectivity index (χ1v) is 17.1. The molecule has 0 aliphatic heterocycles. The minimum Gasteiger partial charge on any atom is -0.744 e. The van der Waals surface area contributed by atoms with Gasteiger partial charge in [-0.25, -0.2) is 8.42 Å². The van der Waals surface area contributed by atoms with E-state index in [1.165, 1.54) is 30.3 Å². The molecular weight excluding hydrogens is 682 g/mol. The van der Waals surface area contributed by atoms with Crippen LogP contribution in [0.4, 0.5) is 0 Å². The van der Waals surface area contributed by atoms with E-state index in [-0.39, 0.29) is 92.2 Å². The number of hydrogen-bond acceptors (Lipinski definition) is 7. The molecule has 0 aliphatic carbocycles. The second-order valence-electron chi connectivity index (χ2n) is 12.6. The quantitative estimate of drug-likeness (QED) is 0.132. The Balaban J connectivity index is 0.00000351. The van der Waals surface area contributed by atoms with Gasteiger partial charge < -0.3 is 24.4 Å². The summed E-state index contributed by atoms with van der Waals surface area (Å²) in [5.41, 5.74) is 8.50. The Labute approximate surface area is 343 Å². The van der Waals surface area contributed by atoms with E-state index in [0.29, 0.717) is 17.2 Å². The summed E-state index contributed by atoms with van der Waals surface area (Å²) in [6.45, 7) is 11.8. The van der Waals surface area contributed by atoms with Crippen LogP contribution in [0, 0.1) is 41.5 Å². The minimum atomic E-state index is -5.01. The van der Waals surface area contributed by atoms with Crippen LogP contribution in [0.15, 0.2) is 89.8 Å². The molecule has 0 amide bonds. The summed E-state index contributed by atoms with van der Waals surface area (Å²) < 4.78 is 37.4. The molecule has 51 heavy (non-hydrogen) atoms. The normalized spacial score (nSPS) is 12.1. The minimum absolute atomic E-state index is 0. The van der Waals surface area contributed by atoms with Crippen LogP contribution in [-0.2, 0) is 16.5 Å².